The molecule has 4 nitrogen and oxygen atoms in total. The normalized spacial score (nSPS) is 8.65. The van der Waals surface area contributed by atoms with Crippen molar-refractivity contribution in [3.63, 3.8) is 0 Å². The van der Waals surface area contributed by atoms with E-state index in [0.29, 0.717) is 22.3 Å². The van der Waals surface area contributed by atoms with Crippen molar-refractivity contribution in [1.29, 1.82) is 21.0 Å². The van der Waals surface area contributed by atoms with E-state index >= 15 is 0 Å². The number of benzene rings is 4. The van der Waals surface area contributed by atoms with Crippen LogP contribution in [-0.4, -0.2) is 14.5 Å². The van der Waals surface area contributed by atoms with E-state index < -0.39 is 14.5 Å². The van der Waals surface area contributed by atoms with Crippen LogP contribution in [-0.2, 0) is 20.4 Å². The molecule has 0 atom stereocenters. The van der Waals surface area contributed by atoms with Crippen LogP contribution in [0.4, 0.5) is 34.5 Å². The zero-order valence-corrected chi connectivity index (χ0v) is 23.4. The van der Waals surface area contributed by atoms with Gasteiger partial charge in [-0.15, -0.1) is 0 Å². The molecule has 15 heteroatoms. The average molecular weight is 693 g/mol. The van der Waals surface area contributed by atoms with Gasteiger partial charge in [0.15, 0.2) is 0 Å². The molecule has 4 aromatic carbocycles. The molecule has 0 unspecified atom stereocenters. The number of hydrogen-bond acceptors (Lipinski definition) is 4. The summed E-state index contributed by atoms with van der Waals surface area (Å²) < 4.78 is 78.0. The van der Waals surface area contributed by atoms with Gasteiger partial charge in [0.2, 0.25) is 0 Å². The molecule has 0 aliphatic rings. The van der Waals surface area contributed by atoms with Crippen LogP contribution in [0, 0.1) is 45.3 Å². The van der Waals surface area contributed by atoms with E-state index in [0.717, 1.165) is 0 Å². The van der Waals surface area contributed by atoms with E-state index in [2.05, 4.69) is 0 Å². The summed E-state index contributed by atoms with van der Waals surface area (Å²) in [4.78, 5) is 0. The molecule has 0 aromatic heterocycles. The molecular weight excluding hydrogens is 672 g/mol. The summed E-state index contributed by atoms with van der Waals surface area (Å²) in [7, 11) is -12.0. The van der Waals surface area contributed by atoms with Gasteiger partial charge in [-0.2, -0.15) is 21.0 Å². The van der Waals surface area contributed by atoms with Crippen molar-refractivity contribution in [2.24, 2.45) is 0 Å². The molecule has 0 bridgehead atoms. The Balaban J connectivity index is -0.000000450. The van der Waals surface area contributed by atoms with E-state index in [-0.39, 0.29) is 20.4 Å². The minimum atomic E-state index is -6.00. The quantitative estimate of drug-likeness (QED) is 0.136. The molecule has 0 amide bonds. The standard InChI is InChI=1S/4C7H5N.2BF4.Pd/c4*8-6-7-4-2-1-3-5-7;2*2-1(3,4)5;/h4*1-5H;;;/q;;;;2*-1;+2. The van der Waals surface area contributed by atoms with Gasteiger partial charge < -0.3 is 34.5 Å². The first kappa shape index (κ1) is 42.5. The Hall–Kier alpha value is -4.93. The fourth-order valence-corrected chi connectivity index (χ4v) is 2.05. The van der Waals surface area contributed by atoms with E-state index in [1.807, 2.05) is 97.1 Å². The van der Waals surface area contributed by atoms with Crippen molar-refractivity contribution in [2.45, 2.75) is 0 Å². The zero-order chi connectivity index (χ0) is 32.3. The van der Waals surface area contributed by atoms with Crippen LogP contribution in [0.25, 0.3) is 0 Å². The van der Waals surface area contributed by atoms with Gasteiger partial charge in [-0.05, 0) is 48.5 Å². The SMILES string of the molecule is F[B-](F)(F)F.F[B-](F)(F)F.N#Cc1ccccc1.N#Cc1ccccc1.N#Cc1ccccc1.N#Cc1ccccc1.[Pd+2]. The number of halogens is 8. The fraction of sp³-hybridized carbons (Fsp3) is 0. The molecule has 0 aliphatic carbocycles. The first-order valence-electron chi connectivity index (χ1n) is 11.3. The maximum atomic E-state index is 9.75. The molecule has 0 saturated heterocycles. The monoisotopic (exact) mass is 692 g/mol. The average Bonchev–Trinajstić information content (AvgIpc) is 2.98. The van der Waals surface area contributed by atoms with Gasteiger partial charge in [-0.25, -0.2) is 0 Å². The summed E-state index contributed by atoms with van der Waals surface area (Å²) in [5.41, 5.74) is 2.86. The summed E-state index contributed by atoms with van der Waals surface area (Å²) >= 11 is 0. The smallest absolute Gasteiger partial charge is 0.418 e. The molecule has 0 aliphatic heterocycles. The number of hydrogen-bond donors (Lipinski definition) is 0. The van der Waals surface area contributed by atoms with Gasteiger partial charge in [0.1, 0.15) is 0 Å². The van der Waals surface area contributed by atoms with Gasteiger partial charge >= 0.3 is 34.9 Å². The first-order chi connectivity index (χ1) is 19.7. The van der Waals surface area contributed by atoms with Crippen LogP contribution >= 0.6 is 0 Å². The topological polar surface area (TPSA) is 95.2 Å². The second-order valence-corrected chi connectivity index (χ2v) is 6.90. The van der Waals surface area contributed by atoms with Gasteiger partial charge in [0.05, 0.1) is 46.5 Å². The number of nitriles is 4. The van der Waals surface area contributed by atoms with E-state index in [1.54, 1.807) is 48.5 Å². The van der Waals surface area contributed by atoms with Crippen molar-refractivity contribution in [1.82, 2.24) is 0 Å². The van der Waals surface area contributed by atoms with Crippen LogP contribution in [0.2, 0.25) is 0 Å². The zero-order valence-electron chi connectivity index (χ0n) is 21.8. The van der Waals surface area contributed by atoms with E-state index in [4.69, 9.17) is 21.0 Å². The second kappa shape index (κ2) is 26.0. The maximum absolute atomic E-state index is 9.75. The Morgan fingerprint density at radius 2 is 0.442 bits per heavy atom. The summed E-state index contributed by atoms with van der Waals surface area (Å²) in [5, 5.41) is 33.2. The van der Waals surface area contributed by atoms with Crippen molar-refractivity contribution in [3.8, 4) is 24.3 Å². The van der Waals surface area contributed by atoms with Crippen molar-refractivity contribution in [2.75, 3.05) is 0 Å². The molecule has 0 radical (unpaired) electrons. The van der Waals surface area contributed by atoms with Gasteiger partial charge in [0.25, 0.3) is 0 Å². The Labute approximate surface area is 257 Å². The molecule has 0 heterocycles. The minimum Gasteiger partial charge on any atom is -0.418 e. The van der Waals surface area contributed by atoms with Crippen LogP contribution < -0.4 is 0 Å². The summed E-state index contributed by atoms with van der Waals surface area (Å²) in [6, 6.07) is 44.7. The Morgan fingerprint density at radius 1 is 0.326 bits per heavy atom. The third kappa shape index (κ3) is 37.1. The van der Waals surface area contributed by atoms with Gasteiger partial charge in [-0.1, -0.05) is 72.8 Å². The molecular formula is C28H20B2F8N4Pd. The maximum Gasteiger partial charge on any atom is 2.00 e. The molecule has 4 rings (SSSR count). The Morgan fingerprint density at radius 3 is 0.512 bits per heavy atom. The van der Waals surface area contributed by atoms with Crippen molar-refractivity contribution < 1.29 is 54.9 Å². The Bertz CT molecular complexity index is 1180. The second-order valence-electron chi connectivity index (χ2n) is 6.90. The van der Waals surface area contributed by atoms with Gasteiger partial charge in [0, 0.05) is 0 Å². The number of rotatable bonds is 0. The summed E-state index contributed by atoms with van der Waals surface area (Å²) in [6.07, 6.45) is 0. The summed E-state index contributed by atoms with van der Waals surface area (Å²) in [6.45, 7) is 0. The van der Waals surface area contributed by atoms with E-state index in [1.165, 1.54) is 0 Å². The minimum absolute atomic E-state index is 0. The third-order valence-corrected chi connectivity index (χ3v) is 3.61. The summed E-state index contributed by atoms with van der Waals surface area (Å²) in [5.74, 6) is 0. The molecule has 0 N–H and O–H groups in total. The molecule has 0 saturated carbocycles. The third-order valence-electron chi connectivity index (χ3n) is 3.61. The molecule has 0 fully saturated rings. The predicted molar refractivity (Wildman–Crippen MR) is 145 cm³/mol. The van der Waals surface area contributed by atoms with Crippen LogP contribution in [0.5, 0.6) is 0 Å². The first-order valence-corrected chi connectivity index (χ1v) is 11.3. The Kier molecular flexibility index (Phi) is 25.7. The van der Waals surface area contributed by atoms with Gasteiger partial charge in [-0.3, -0.25) is 0 Å². The number of nitrogens with zero attached hydrogens (tertiary/aromatic N) is 4. The molecule has 224 valence electrons. The van der Waals surface area contributed by atoms with Crippen LogP contribution in [0.3, 0.4) is 0 Å². The largest absolute Gasteiger partial charge is 2.00 e. The molecule has 4 aromatic rings. The fourth-order valence-electron chi connectivity index (χ4n) is 2.05. The van der Waals surface area contributed by atoms with Crippen molar-refractivity contribution >= 4 is 14.5 Å². The van der Waals surface area contributed by atoms with E-state index in [9.17, 15) is 34.5 Å². The van der Waals surface area contributed by atoms with Crippen LogP contribution in [0.1, 0.15) is 22.3 Å². The van der Waals surface area contributed by atoms with Crippen LogP contribution in [0.15, 0.2) is 121 Å². The molecule has 0 spiro atoms. The van der Waals surface area contributed by atoms with Crippen molar-refractivity contribution in [3.05, 3.63) is 144 Å². The predicted octanol–water partition coefficient (Wildman–Crippen LogP) is 8.83. The molecule has 43 heavy (non-hydrogen) atoms.